The average molecular weight is 319 g/mol. The van der Waals surface area contributed by atoms with Crippen LogP contribution in [0.1, 0.15) is 49.2 Å². The first kappa shape index (κ1) is 16.3. The van der Waals surface area contributed by atoms with Gasteiger partial charge in [0.2, 0.25) is 0 Å². The van der Waals surface area contributed by atoms with Gasteiger partial charge in [-0.15, -0.1) is 23.1 Å². The molecule has 0 amide bonds. The Hall–Kier alpha value is -1.06. The van der Waals surface area contributed by atoms with Crippen LogP contribution in [0.3, 0.4) is 0 Å². The van der Waals surface area contributed by atoms with Crippen LogP contribution in [0, 0.1) is 0 Å². The third-order valence-corrected chi connectivity index (χ3v) is 5.53. The third kappa shape index (κ3) is 5.01. The highest BCUT2D eigenvalue weighted by molar-refractivity contribution is 7.99. The van der Waals surface area contributed by atoms with Crippen molar-refractivity contribution in [2.75, 3.05) is 5.75 Å². The monoisotopic (exact) mass is 318 g/mol. The first-order valence-corrected chi connectivity index (χ1v) is 9.40. The molecule has 0 aliphatic carbocycles. The van der Waals surface area contributed by atoms with Crippen LogP contribution in [0.4, 0.5) is 0 Å². The molecular formula is C18H22OS2. The lowest BCUT2D eigenvalue weighted by Crippen LogP contribution is -1.84. The topological polar surface area (TPSA) is 17.1 Å². The second-order valence-corrected chi connectivity index (χ2v) is 7.27. The van der Waals surface area contributed by atoms with Crippen molar-refractivity contribution in [3.8, 4) is 11.1 Å². The van der Waals surface area contributed by atoms with Crippen molar-refractivity contribution in [2.45, 2.75) is 44.4 Å². The van der Waals surface area contributed by atoms with E-state index in [0.717, 1.165) is 10.4 Å². The number of carbonyl (C=O) groups excluding carboxylic acids is 1. The SMILES string of the molecule is CCCCCCSc1ccc(-c2csc(C(C)=O)c2)cc1. The lowest BCUT2D eigenvalue weighted by atomic mass is 10.1. The van der Waals surface area contributed by atoms with E-state index in [0.29, 0.717) is 0 Å². The Balaban J connectivity index is 1.90. The number of benzene rings is 1. The van der Waals surface area contributed by atoms with Crippen LogP contribution >= 0.6 is 23.1 Å². The highest BCUT2D eigenvalue weighted by Crippen LogP contribution is 2.28. The molecule has 1 heterocycles. The van der Waals surface area contributed by atoms with E-state index < -0.39 is 0 Å². The van der Waals surface area contributed by atoms with Gasteiger partial charge in [0, 0.05) is 4.90 Å². The number of ketones is 1. The van der Waals surface area contributed by atoms with Crippen LogP contribution in [0.25, 0.3) is 11.1 Å². The van der Waals surface area contributed by atoms with E-state index in [9.17, 15) is 4.79 Å². The van der Waals surface area contributed by atoms with Crippen LogP contribution in [0.5, 0.6) is 0 Å². The molecule has 0 unspecified atom stereocenters. The van der Waals surface area contributed by atoms with Gasteiger partial charge in [0.15, 0.2) is 5.78 Å². The van der Waals surface area contributed by atoms with Gasteiger partial charge >= 0.3 is 0 Å². The van der Waals surface area contributed by atoms with Crippen molar-refractivity contribution in [2.24, 2.45) is 0 Å². The van der Waals surface area contributed by atoms with Gasteiger partial charge in [-0.05, 0) is 53.8 Å². The maximum absolute atomic E-state index is 11.3. The van der Waals surface area contributed by atoms with Gasteiger partial charge in [0.05, 0.1) is 4.88 Å². The van der Waals surface area contributed by atoms with Crippen molar-refractivity contribution in [1.82, 2.24) is 0 Å². The molecule has 0 N–H and O–H groups in total. The van der Waals surface area contributed by atoms with E-state index in [1.54, 1.807) is 6.92 Å². The van der Waals surface area contributed by atoms with E-state index in [2.05, 4.69) is 36.6 Å². The largest absolute Gasteiger partial charge is 0.294 e. The molecule has 2 aromatic rings. The van der Waals surface area contributed by atoms with Gasteiger partial charge < -0.3 is 0 Å². The maximum atomic E-state index is 11.3. The predicted octanol–water partition coefficient (Wildman–Crippen LogP) is 6.29. The van der Waals surface area contributed by atoms with E-state index in [-0.39, 0.29) is 5.78 Å². The van der Waals surface area contributed by atoms with Gasteiger partial charge in [-0.25, -0.2) is 0 Å². The van der Waals surface area contributed by atoms with Gasteiger partial charge in [-0.3, -0.25) is 4.79 Å². The number of hydrogen-bond acceptors (Lipinski definition) is 3. The summed E-state index contributed by atoms with van der Waals surface area (Å²) in [6.07, 6.45) is 5.27. The molecule has 0 bridgehead atoms. The van der Waals surface area contributed by atoms with E-state index in [1.165, 1.54) is 53.2 Å². The average Bonchev–Trinajstić information content (AvgIpc) is 2.98. The summed E-state index contributed by atoms with van der Waals surface area (Å²) in [5.74, 6) is 1.34. The molecule has 0 fully saturated rings. The minimum atomic E-state index is 0.144. The Morgan fingerprint density at radius 3 is 2.48 bits per heavy atom. The number of rotatable bonds is 8. The number of unbranched alkanes of at least 4 members (excludes halogenated alkanes) is 3. The molecule has 21 heavy (non-hydrogen) atoms. The molecule has 0 aliphatic heterocycles. The van der Waals surface area contributed by atoms with Crippen LogP contribution in [0.2, 0.25) is 0 Å². The van der Waals surface area contributed by atoms with Crippen molar-refractivity contribution >= 4 is 28.9 Å². The zero-order chi connectivity index (χ0) is 15.1. The standard InChI is InChI=1S/C18H22OS2/c1-3-4-5-6-11-20-17-9-7-15(8-10-17)16-12-18(14(2)19)21-13-16/h7-10,12-13H,3-6,11H2,1-2H3. The zero-order valence-corrected chi connectivity index (χ0v) is 14.4. The Morgan fingerprint density at radius 2 is 1.86 bits per heavy atom. The fraction of sp³-hybridized carbons (Fsp3) is 0.389. The molecule has 1 aromatic heterocycles. The molecule has 2 rings (SSSR count). The Bertz CT molecular complexity index is 569. The van der Waals surface area contributed by atoms with Gasteiger partial charge in [-0.1, -0.05) is 38.3 Å². The Morgan fingerprint density at radius 1 is 1.10 bits per heavy atom. The van der Waals surface area contributed by atoms with E-state index in [1.807, 2.05) is 17.8 Å². The number of thiophene rings is 1. The van der Waals surface area contributed by atoms with Crippen molar-refractivity contribution < 1.29 is 4.79 Å². The van der Waals surface area contributed by atoms with Crippen molar-refractivity contribution in [3.63, 3.8) is 0 Å². The molecule has 112 valence electrons. The van der Waals surface area contributed by atoms with Crippen molar-refractivity contribution in [1.29, 1.82) is 0 Å². The lowest BCUT2D eigenvalue weighted by Gasteiger charge is -2.03. The summed E-state index contributed by atoms with van der Waals surface area (Å²) < 4.78 is 0. The van der Waals surface area contributed by atoms with E-state index in [4.69, 9.17) is 0 Å². The maximum Gasteiger partial charge on any atom is 0.169 e. The molecular weight excluding hydrogens is 296 g/mol. The molecule has 0 atom stereocenters. The fourth-order valence-electron chi connectivity index (χ4n) is 2.13. The summed E-state index contributed by atoms with van der Waals surface area (Å²) in [5.41, 5.74) is 2.33. The van der Waals surface area contributed by atoms with Gasteiger partial charge in [-0.2, -0.15) is 0 Å². The Labute approximate surface area is 135 Å². The summed E-state index contributed by atoms with van der Waals surface area (Å²) in [5, 5.41) is 2.06. The Kier molecular flexibility index (Phi) is 6.52. The second kappa shape index (κ2) is 8.40. The summed E-state index contributed by atoms with van der Waals surface area (Å²) in [4.78, 5) is 13.5. The number of carbonyl (C=O) groups is 1. The van der Waals surface area contributed by atoms with Crippen LogP contribution in [-0.2, 0) is 0 Å². The molecule has 1 aromatic carbocycles. The minimum absolute atomic E-state index is 0.144. The molecule has 3 heteroatoms. The van der Waals surface area contributed by atoms with Crippen LogP contribution < -0.4 is 0 Å². The first-order chi connectivity index (χ1) is 10.2. The summed E-state index contributed by atoms with van der Waals surface area (Å²) in [6, 6.07) is 10.7. The molecule has 0 saturated heterocycles. The van der Waals surface area contributed by atoms with E-state index >= 15 is 0 Å². The number of thioether (sulfide) groups is 1. The third-order valence-electron chi connectivity index (χ3n) is 3.40. The second-order valence-electron chi connectivity index (χ2n) is 5.19. The van der Waals surface area contributed by atoms with Crippen LogP contribution in [0.15, 0.2) is 40.6 Å². The molecule has 0 spiro atoms. The van der Waals surface area contributed by atoms with Crippen LogP contribution in [-0.4, -0.2) is 11.5 Å². The number of Topliss-reactive ketones (excluding diaryl/α,β-unsaturated/α-hetero) is 1. The smallest absolute Gasteiger partial charge is 0.169 e. The quantitative estimate of drug-likeness (QED) is 0.323. The fourth-order valence-corrected chi connectivity index (χ4v) is 3.87. The summed E-state index contributed by atoms with van der Waals surface area (Å²) >= 11 is 3.46. The molecule has 0 saturated carbocycles. The highest BCUT2D eigenvalue weighted by atomic mass is 32.2. The predicted molar refractivity (Wildman–Crippen MR) is 94.6 cm³/mol. The van der Waals surface area contributed by atoms with Crippen molar-refractivity contribution in [3.05, 3.63) is 40.6 Å². The normalized spacial score (nSPS) is 10.8. The lowest BCUT2D eigenvalue weighted by molar-refractivity contribution is 0.102. The molecule has 1 nitrogen and oxygen atoms in total. The number of hydrogen-bond donors (Lipinski definition) is 0. The van der Waals surface area contributed by atoms with Gasteiger partial charge in [0.1, 0.15) is 0 Å². The summed E-state index contributed by atoms with van der Waals surface area (Å²) in [7, 11) is 0. The zero-order valence-electron chi connectivity index (χ0n) is 12.7. The first-order valence-electron chi connectivity index (χ1n) is 7.53. The highest BCUT2D eigenvalue weighted by Gasteiger charge is 2.06. The molecule has 0 radical (unpaired) electrons. The molecule has 0 aliphatic rings. The van der Waals surface area contributed by atoms with Gasteiger partial charge in [0.25, 0.3) is 0 Å². The summed E-state index contributed by atoms with van der Waals surface area (Å²) in [6.45, 7) is 3.86. The minimum Gasteiger partial charge on any atom is -0.294 e.